The summed E-state index contributed by atoms with van der Waals surface area (Å²) < 4.78 is 5.85. The molecule has 3 saturated carbocycles. The third-order valence-corrected chi connectivity index (χ3v) is 8.92. The maximum Gasteiger partial charge on any atom is 0.0598 e. The Morgan fingerprint density at radius 3 is 2.29 bits per heavy atom. The monoisotopic (exact) mass is 390 g/mol. The van der Waals surface area contributed by atoms with Crippen LogP contribution >= 0.6 is 0 Å². The molecule has 5 atom stereocenters. The number of rotatable bonds is 9. The van der Waals surface area contributed by atoms with E-state index in [9.17, 15) is 0 Å². The van der Waals surface area contributed by atoms with Crippen molar-refractivity contribution in [2.45, 2.75) is 130 Å². The lowest BCUT2D eigenvalue weighted by Gasteiger charge is -2.43. The fourth-order valence-electron chi connectivity index (χ4n) is 7.24. The van der Waals surface area contributed by atoms with Crippen LogP contribution in [0.15, 0.2) is 0 Å². The lowest BCUT2D eigenvalue weighted by molar-refractivity contribution is -0.00477. The molecule has 0 aromatic rings. The van der Waals surface area contributed by atoms with Crippen molar-refractivity contribution in [2.75, 3.05) is 6.61 Å². The Hall–Kier alpha value is -0.0400. The highest BCUT2D eigenvalue weighted by molar-refractivity contribution is 4.98. The summed E-state index contributed by atoms with van der Waals surface area (Å²) in [6, 6.07) is 0. The first kappa shape index (κ1) is 22.6. The van der Waals surface area contributed by atoms with E-state index < -0.39 is 0 Å². The van der Waals surface area contributed by atoms with Crippen molar-refractivity contribution in [1.82, 2.24) is 0 Å². The molecule has 0 spiro atoms. The minimum Gasteiger partial charge on any atom is -0.376 e. The molecular weight excluding hydrogens is 340 g/mol. The average molecular weight is 391 g/mol. The van der Waals surface area contributed by atoms with Crippen molar-refractivity contribution in [3.63, 3.8) is 0 Å². The van der Waals surface area contributed by atoms with E-state index in [0.29, 0.717) is 5.41 Å². The van der Waals surface area contributed by atoms with E-state index in [2.05, 4.69) is 34.6 Å². The Bertz CT molecular complexity index is 459. The van der Waals surface area contributed by atoms with Crippen LogP contribution in [0.3, 0.4) is 0 Å². The molecule has 28 heavy (non-hydrogen) atoms. The SMILES string of the molecule is CC(C)(C)OCCCCCCC1CCC(C(C)(C)C2CCC3CCCCC32)C1. The molecule has 0 aromatic heterocycles. The highest BCUT2D eigenvalue weighted by Gasteiger charge is 2.48. The van der Waals surface area contributed by atoms with E-state index in [1.54, 1.807) is 25.7 Å². The second-order valence-electron chi connectivity index (χ2n) is 12.3. The summed E-state index contributed by atoms with van der Waals surface area (Å²) >= 11 is 0. The molecule has 0 bridgehead atoms. The van der Waals surface area contributed by atoms with Gasteiger partial charge in [-0.3, -0.25) is 0 Å². The van der Waals surface area contributed by atoms with Gasteiger partial charge < -0.3 is 4.74 Å². The van der Waals surface area contributed by atoms with Crippen LogP contribution in [0.1, 0.15) is 125 Å². The predicted molar refractivity (Wildman–Crippen MR) is 122 cm³/mol. The Labute approximate surface area is 176 Å². The molecule has 0 aromatic carbocycles. The molecule has 3 aliphatic rings. The Morgan fingerprint density at radius 2 is 1.50 bits per heavy atom. The molecule has 164 valence electrons. The molecular formula is C27H50O. The number of ether oxygens (including phenoxy) is 1. The fraction of sp³-hybridized carbons (Fsp3) is 1.00. The second kappa shape index (κ2) is 9.84. The van der Waals surface area contributed by atoms with E-state index in [-0.39, 0.29) is 5.60 Å². The van der Waals surface area contributed by atoms with Crippen LogP contribution in [0.25, 0.3) is 0 Å². The zero-order valence-electron chi connectivity index (χ0n) is 19.9. The van der Waals surface area contributed by atoms with Crippen molar-refractivity contribution < 1.29 is 4.74 Å². The van der Waals surface area contributed by atoms with Crippen LogP contribution in [-0.2, 0) is 4.74 Å². The summed E-state index contributed by atoms with van der Waals surface area (Å²) in [7, 11) is 0. The minimum absolute atomic E-state index is 0.0304. The van der Waals surface area contributed by atoms with Gasteiger partial charge in [0.2, 0.25) is 0 Å². The van der Waals surface area contributed by atoms with Gasteiger partial charge in [0, 0.05) is 6.61 Å². The minimum atomic E-state index is 0.0304. The molecule has 0 aliphatic heterocycles. The molecule has 3 fully saturated rings. The first-order valence-electron chi connectivity index (χ1n) is 12.9. The van der Waals surface area contributed by atoms with Gasteiger partial charge in [-0.05, 0) is 94.3 Å². The molecule has 1 heteroatoms. The van der Waals surface area contributed by atoms with Gasteiger partial charge in [0.1, 0.15) is 0 Å². The van der Waals surface area contributed by atoms with E-state index >= 15 is 0 Å². The molecule has 3 rings (SSSR count). The van der Waals surface area contributed by atoms with Crippen molar-refractivity contribution in [3.05, 3.63) is 0 Å². The van der Waals surface area contributed by atoms with Crippen LogP contribution in [0.2, 0.25) is 0 Å². The smallest absolute Gasteiger partial charge is 0.0598 e. The Balaban J connectivity index is 1.34. The standard InChI is InChI=1S/C27H50O/c1-26(2,3)28-19-11-7-6-8-12-21-15-17-23(20-21)27(4,5)25-18-16-22-13-9-10-14-24(22)25/h21-25H,6-20H2,1-5H3. The maximum atomic E-state index is 5.85. The quantitative estimate of drug-likeness (QED) is 0.359. The van der Waals surface area contributed by atoms with Crippen molar-refractivity contribution >= 4 is 0 Å². The lowest BCUT2D eigenvalue weighted by atomic mass is 9.62. The number of hydrogen-bond acceptors (Lipinski definition) is 1. The summed E-state index contributed by atoms with van der Waals surface area (Å²) in [6.45, 7) is 12.7. The van der Waals surface area contributed by atoms with Crippen LogP contribution in [0.4, 0.5) is 0 Å². The summed E-state index contributed by atoms with van der Waals surface area (Å²) in [4.78, 5) is 0. The first-order valence-corrected chi connectivity index (χ1v) is 12.9. The Morgan fingerprint density at radius 1 is 0.750 bits per heavy atom. The normalized spacial score (nSPS) is 34.0. The summed E-state index contributed by atoms with van der Waals surface area (Å²) in [5.74, 6) is 5.24. The van der Waals surface area contributed by atoms with Crippen LogP contribution in [0, 0.1) is 35.0 Å². The van der Waals surface area contributed by atoms with Crippen LogP contribution in [-0.4, -0.2) is 12.2 Å². The summed E-state index contributed by atoms with van der Waals surface area (Å²) in [6.07, 6.45) is 20.7. The predicted octanol–water partition coefficient (Wildman–Crippen LogP) is 8.41. The molecule has 0 radical (unpaired) electrons. The topological polar surface area (TPSA) is 9.23 Å². The molecule has 0 heterocycles. The number of hydrogen-bond donors (Lipinski definition) is 0. The van der Waals surface area contributed by atoms with E-state index in [1.165, 1.54) is 64.2 Å². The summed E-state index contributed by atoms with van der Waals surface area (Å²) in [5, 5.41) is 0. The van der Waals surface area contributed by atoms with E-state index in [0.717, 1.165) is 36.2 Å². The molecule has 1 nitrogen and oxygen atoms in total. The first-order chi connectivity index (χ1) is 13.3. The highest BCUT2D eigenvalue weighted by Crippen LogP contribution is 2.57. The molecule has 5 unspecified atom stereocenters. The van der Waals surface area contributed by atoms with Gasteiger partial charge in [0.25, 0.3) is 0 Å². The molecule has 0 amide bonds. The zero-order valence-corrected chi connectivity index (χ0v) is 19.9. The fourth-order valence-corrected chi connectivity index (χ4v) is 7.24. The van der Waals surface area contributed by atoms with Gasteiger partial charge in [0.05, 0.1) is 5.60 Å². The molecule has 3 aliphatic carbocycles. The molecule has 0 N–H and O–H groups in total. The van der Waals surface area contributed by atoms with Gasteiger partial charge in [-0.25, -0.2) is 0 Å². The zero-order chi connectivity index (χ0) is 20.2. The van der Waals surface area contributed by atoms with Crippen LogP contribution in [0.5, 0.6) is 0 Å². The number of fused-ring (bicyclic) bond motifs is 1. The largest absolute Gasteiger partial charge is 0.376 e. The number of unbranched alkanes of at least 4 members (excludes halogenated alkanes) is 3. The van der Waals surface area contributed by atoms with Gasteiger partial charge in [-0.15, -0.1) is 0 Å². The van der Waals surface area contributed by atoms with Crippen molar-refractivity contribution in [2.24, 2.45) is 35.0 Å². The van der Waals surface area contributed by atoms with E-state index in [4.69, 9.17) is 4.74 Å². The van der Waals surface area contributed by atoms with Gasteiger partial charge in [0.15, 0.2) is 0 Å². The molecule has 0 saturated heterocycles. The van der Waals surface area contributed by atoms with Gasteiger partial charge in [-0.1, -0.05) is 65.2 Å². The lowest BCUT2D eigenvalue weighted by Crippen LogP contribution is -2.35. The van der Waals surface area contributed by atoms with Crippen molar-refractivity contribution in [1.29, 1.82) is 0 Å². The highest BCUT2D eigenvalue weighted by atomic mass is 16.5. The van der Waals surface area contributed by atoms with Gasteiger partial charge in [-0.2, -0.15) is 0 Å². The average Bonchev–Trinajstić information content (AvgIpc) is 3.27. The van der Waals surface area contributed by atoms with E-state index in [1.807, 2.05) is 0 Å². The van der Waals surface area contributed by atoms with Crippen LogP contribution < -0.4 is 0 Å². The maximum absolute atomic E-state index is 5.85. The third-order valence-electron chi connectivity index (χ3n) is 8.92. The summed E-state index contributed by atoms with van der Waals surface area (Å²) in [5.41, 5.74) is 0.623. The Kier molecular flexibility index (Phi) is 7.96. The van der Waals surface area contributed by atoms with Crippen molar-refractivity contribution in [3.8, 4) is 0 Å². The third kappa shape index (κ3) is 5.99. The van der Waals surface area contributed by atoms with Gasteiger partial charge >= 0.3 is 0 Å². The second-order valence-corrected chi connectivity index (χ2v) is 12.3.